The van der Waals surface area contributed by atoms with Crippen molar-refractivity contribution in [3.8, 4) is 17.0 Å². The maximum absolute atomic E-state index is 9.10. The van der Waals surface area contributed by atoms with E-state index in [9.17, 15) is 0 Å². The molecule has 14 heavy (non-hydrogen) atoms. The molecule has 0 aliphatic carbocycles. The SMILES string of the molecule is Oc1ccc(-c2cnc(Br)cn2)cc1. The molecule has 0 aliphatic rings. The maximum atomic E-state index is 9.10. The molecule has 1 aromatic carbocycles. The van der Waals surface area contributed by atoms with Crippen LogP contribution in [0, 0.1) is 0 Å². The van der Waals surface area contributed by atoms with Gasteiger partial charge in [0.1, 0.15) is 10.4 Å². The fourth-order valence-electron chi connectivity index (χ4n) is 1.09. The van der Waals surface area contributed by atoms with Crippen LogP contribution in [0.4, 0.5) is 0 Å². The Morgan fingerprint density at radius 1 is 1.00 bits per heavy atom. The van der Waals surface area contributed by atoms with Crippen LogP contribution in [0.15, 0.2) is 41.3 Å². The normalized spacial score (nSPS) is 10.1. The van der Waals surface area contributed by atoms with Crippen molar-refractivity contribution in [2.75, 3.05) is 0 Å². The highest BCUT2D eigenvalue weighted by Gasteiger charge is 1.99. The monoisotopic (exact) mass is 250 g/mol. The molecule has 1 N–H and O–H groups in total. The highest BCUT2D eigenvalue weighted by atomic mass is 79.9. The molecule has 70 valence electrons. The second kappa shape index (κ2) is 3.75. The molecule has 2 rings (SSSR count). The first kappa shape index (κ1) is 9.15. The van der Waals surface area contributed by atoms with Gasteiger partial charge in [-0.1, -0.05) is 0 Å². The first-order valence-electron chi connectivity index (χ1n) is 4.02. The van der Waals surface area contributed by atoms with E-state index in [1.54, 1.807) is 36.7 Å². The Morgan fingerprint density at radius 3 is 2.29 bits per heavy atom. The number of phenolic OH excluding ortho intramolecular Hbond substituents is 1. The Morgan fingerprint density at radius 2 is 1.71 bits per heavy atom. The average Bonchev–Trinajstić information content (AvgIpc) is 2.21. The first-order valence-corrected chi connectivity index (χ1v) is 4.82. The van der Waals surface area contributed by atoms with Gasteiger partial charge in [0, 0.05) is 5.56 Å². The van der Waals surface area contributed by atoms with E-state index in [0.29, 0.717) is 4.60 Å². The lowest BCUT2D eigenvalue weighted by atomic mass is 10.1. The molecule has 3 nitrogen and oxygen atoms in total. The summed E-state index contributed by atoms with van der Waals surface area (Å²) < 4.78 is 0.708. The van der Waals surface area contributed by atoms with E-state index < -0.39 is 0 Å². The number of hydrogen-bond donors (Lipinski definition) is 1. The van der Waals surface area contributed by atoms with Gasteiger partial charge in [-0.15, -0.1) is 0 Å². The molecule has 0 fully saturated rings. The average molecular weight is 251 g/mol. The van der Waals surface area contributed by atoms with Gasteiger partial charge in [-0.2, -0.15) is 0 Å². The lowest BCUT2D eigenvalue weighted by molar-refractivity contribution is 0.475. The summed E-state index contributed by atoms with van der Waals surface area (Å²) >= 11 is 3.22. The van der Waals surface area contributed by atoms with Gasteiger partial charge in [0.05, 0.1) is 18.1 Å². The molecule has 4 heteroatoms. The summed E-state index contributed by atoms with van der Waals surface area (Å²) in [6.45, 7) is 0. The van der Waals surface area contributed by atoms with Gasteiger partial charge in [0.2, 0.25) is 0 Å². The van der Waals surface area contributed by atoms with Crippen LogP contribution >= 0.6 is 15.9 Å². The summed E-state index contributed by atoms with van der Waals surface area (Å²) in [5.74, 6) is 0.249. The van der Waals surface area contributed by atoms with Crippen molar-refractivity contribution in [1.29, 1.82) is 0 Å². The number of phenols is 1. The van der Waals surface area contributed by atoms with Gasteiger partial charge in [-0.3, -0.25) is 4.98 Å². The molecule has 0 aliphatic heterocycles. The van der Waals surface area contributed by atoms with Crippen LogP contribution in [-0.2, 0) is 0 Å². The van der Waals surface area contributed by atoms with Gasteiger partial charge in [0.25, 0.3) is 0 Å². The zero-order chi connectivity index (χ0) is 9.97. The Balaban J connectivity index is 2.40. The van der Waals surface area contributed by atoms with Crippen molar-refractivity contribution in [3.05, 3.63) is 41.3 Å². The molecule has 1 aromatic heterocycles. The van der Waals surface area contributed by atoms with E-state index in [-0.39, 0.29) is 5.75 Å². The van der Waals surface area contributed by atoms with Crippen molar-refractivity contribution >= 4 is 15.9 Å². The van der Waals surface area contributed by atoms with Crippen molar-refractivity contribution in [2.45, 2.75) is 0 Å². The minimum Gasteiger partial charge on any atom is -0.508 e. The number of nitrogens with zero attached hydrogens (tertiary/aromatic N) is 2. The molecule has 0 atom stereocenters. The number of aromatic hydroxyl groups is 1. The fourth-order valence-corrected chi connectivity index (χ4v) is 1.30. The number of rotatable bonds is 1. The van der Waals surface area contributed by atoms with Crippen LogP contribution in [0.25, 0.3) is 11.3 Å². The molecule has 0 unspecified atom stereocenters. The van der Waals surface area contributed by atoms with Gasteiger partial charge in [0.15, 0.2) is 0 Å². The van der Waals surface area contributed by atoms with Gasteiger partial charge in [-0.05, 0) is 40.2 Å². The molecule has 0 bridgehead atoms. The van der Waals surface area contributed by atoms with E-state index in [1.807, 2.05) is 0 Å². The van der Waals surface area contributed by atoms with Crippen LogP contribution in [0.3, 0.4) is 0 Å². The summed E-state index contributed by atoms with van der Waals surface area (Å²) in [5.41, 5.74) is 1.72. The highest BCUT2D eigenvalue weighted by Crippen LogP contribution is 2.19. The smallest absolute Gasteiger partial charge is 0.124 e. The van der Waals surface area contributed by atoms with Crippen molar-refractivity contribution < 1.29 is 5.11 Å². The number of hydrogen-bond acceptors (Lipinski definition) is 3. The Hall–Kier alpha value is -1.42. The summed E-state index contributed by atoms with van der Waals surface area (Å²) in [4.78, 5) is 8.26. The summed E-state index contributed by atoms with van der Waals surface area (Å²) in [7, 11) is 0. The first-order chi connectivity index (χ1) is 6.75. The number of benzene rings is 1. The predicted molar refractivity (Wildman–Crippen MR) is 56.8 cm³/mol. The van der Waals surface area contributed by atoms with Crippen LogP contribution in [-0.4, -0.2) is 15.1 Å². The number of halogens is 1. The number of aromatic nitrogens is 2. The molecule has 0 saturated carbocycles. The lowest BCUT2D eigenvalue weighted by Crippen LogP contribution is -1.84. The van der Waals surface area contributed by atoms with E-state index >= 15 is 0 Å². The van der Waals surface area contributed by atoms with E-state index in [4.69, 9.17) is 5.11 Å². The predicted octanol–water partition coefficient (Wildman–Crippen LogP) is 2.61. The van der Waals surface area contributed by atoms with Crippen molar-refractivity contribution in [1.82, 2.24) is 9.97 Å². The highest BCUT2D eigenvalue weighted by molar-refractivity contribution is 9.10. The standard InChI is InChI=1S/C10H7BrN2O/c11-10-6-12-9(5-13-10)7-1-3-8(14)4-2-7/h1-6,14H. The topological polar surface area (TPSA) is 46.0 Å². The molecule has 1 heterocycles. The lowest BCUT2D eigenvalue weighted by Gasteiger charge is -1.99. The van der Waals surface area contributed by atoms with Crippen molar-refractivity contribution in [2.24, 2.45) is 0 Å². The summed E-state index contributed by atoms with van der Waals surface area (Å²) in [6, 6.07) is 6.85. The quantitative estimate of drug-likeness (QED) is 0.847. The molecule has 0 radical (unpaired) electrons. The second-order valence-corrected chi connectivity index (χ2v) is 3.58. The van der Waals surface area contributed by atoms with Crippen LogP contribution in [0.1, 0.15) is 0 Å². The zero-order valence-electron chi connectivity index (χ0n) is 7.18. The van der Waals surface area contributed by atoms with E-state index in [0.717, 1.165) is 11.3 Å². The van der Waals surface area contributed by atoms with E-state index in [2.05, 4.69) is 25.9 Å². The zero-order valence-corrected chi connectivity index (χ0v) is 8.77. The van der Waals surface area contributed by atoms with Gasteiger partial charge >= 0.3 is 0 Å². The largest absolute Gasteiger partial charge is 0.508 e. The van der Waals surface area contributed by atoms with Crippen molar-refractivity contribution in [3.63, 3.8) is 0 Å². The van der Waals surface area contributed by atoms with Crippen LogP contribution < -0.4 is 0 Å². The molecule has 0 amide bonds. The third-order valence-corrected chi connectivity index (χ3v) is 2.19. The second-order valence-electron chi connectivity index (χ2n) is 2.77. The maximum Gasteiger partial charge on any atom is 0.124 e. The third kappa shape index (κ3) is 1.90. The van der Waals surface area contributed by atoms with Crippen LogP contribution in [0.2, 0.25) is 0 Å². The minimum absolute atomic E-state index is 0.249. The Kier molecular flexibility index (Phi) is 2.45. The Labute approximate surface area is 89.6 Å². The Bertz CT molecular complexity index is 381. The third-order valence-electron chi connectivity index (χ3n) is 1.78. The van der Waals surface area contributed by atoms with Gasteiger partial charge < -0.3 is 5.11 Å². The minimum atomic E-state index is 0.249. The molecular formula is C10H7BrN2O. The summed E-state index contributed by atoms with van der Waals surface area (Å²) in [6.07, 6.45) is 3.32. The fraction of sp³-hybridized carbons (Fsp3) is 0. The molecule has 2 aromatic rings. The molecule has 0 spiro atoms. The van der Waals surface area contributed by atoms with Crippen LogP contribution in [0.5, 0.6) is 5.75 Å². The molecular weight excluding hydrogens is 244 g/mol. The van der Waals surface area contributed by atoms with E-state index in [1.165, 1.54) is 0 Å². The van der Waals surface area contributed by atoms with Gasteiger partial charge in [-0.25, -0.2) is 4.98 Å². The molecule has 0 saturated heterocycles. The summed E-state index contributed by atoms with van der Waals surface area (Å²) in [5, 5.41) is 9.10.